The molecular weight excluding hydrogens is 294 g/mol. The Morgan fingerprint density at radius 2 is 2.25 bits per heavy atom. The lowest BCUT2D eigenvalue weighted by molar-refractivity contribution is 0.405. The van der Waals surface area contributed by atoms with E-state index < -0.39 is 9.84 Å². The second kappa shape index (κ2) is 5.62. The van der Waals surface area contributed by atoms with Crippen molar-refractivity contribution in [2.75, 3.05) is 30.0 Å². The minimum absolute atomic E-state index is 0.105. The number of nitrogens with two attached hydrogens (primary N) is 1. The summed E-state index contributed by atoms with van der Waals surface area (Å²) in [5, 5.41) is 9.72. The minimum Gasteiger partial charge on any atom is -0.396 e. The lowest BCUT2D eigenvalue weighted by Crippen LogP contribution is -2.35. The molecule has 1 aliphatic heterocycles. The predicted molar refractivity (Wildman–Crippen MR) is 81.8 cm³/mol. The van der Waals surface area contributed by atoms with Crippen LogP contribution in [0.3, 0.4) is 0 Å². The van der Waals surface area contributed by atoms with Crippen LogP contribution in [0.2, 0.25) is 0 Å². The first-order valence-electron chi connectivity index (χ1n) is 6.65. The first kappa shape index (κ1) is 15.1. The summed E-state index contributed by atoms with van der Waals surface area (Å²) in [6.07, 6.45) is 4.45. The number of hydrogen-bond acceptors (Lipinski definition) is 6. The maximum absolute atomic E-state index is 12.0. The van der Waals surface area contributed by atoms with Crippen LogP contribution in [-0.2, 0) is 9.84 Å². The van der Waals surface area contributed by atoms with Crippen LogP contribution in [0, 0.1) is 17.2 Å². The van der Waals surface area contributed by atoms with Crippen molar-refractivity contribution in [3.63, 3.8) is 0 Å². The van der Waals surface area contributed by atoms with Gasteiger partial charge in [-0.15, -0.1) is 11.3 Å². The van der Waals surface area contributed by atoms with Gasteiger partial charge in [-0.05, 0) is 18.8 Å². The standard InChI is InChI=1S/C13H19N3O2S2/c1-3-9-5-4-6-16(8-9)13-12(20(2,17)18)11(15)10(7-14)19-13/h9H,3-6,8,15H2,1-2H3. The van der Waals surface area contributed by atoms with Gasteiger partial charge in [0.15, 0.2) is 9.84 Å². The highest BCUT2D eigenvalue weighted by Gasteiger charge is 2.29. The second-order valence-corrected chi connectivity index (χ2v) is 8.18. The zero-order chi connectivity index (χ0) is 14.9. The van der Waals surface area contributed by atoms with Gasteiger partial charge in [-0.25, -0.2) is 8.42 Å². The summed E-state index contributed by atoms with van der Waals surface area (Å²) in [5.41, 5.74) is 5.96. The monoisotopic (exact) mass is 313 g/mol. The van der Waals surface area contributed by atoms with Crippen LogP contribution in [0.5, 0.6) is 0 Å². The quantitative estimate of drug-likeness (QED) is 0.924. The molecule has 1 atom stereocenters. The molecule has 0 aromatic carbocycles. The highest BCUT2D eigenvalue weighted by atomic mass is 32.2. The van der Waals surface area contributed by atoms with Crippen LogP contribution in [0.4, 0.5) is 10.7 Å². The summed E-state index contributed by atoms with van der Waals surface area (Å²) < 4.78 is 24.0. The molecule has 0 aliphatic carbocycles. The van der Waals surface area contributed by atoms with Gasteiger partial charge in [-0.1, -0.05) is 13.3 Å². The van der Waals surface area contributed by atoms with Gasteiger partial charge in [0, 0.05) is 19.3 Å². The van der Waals surface area contributed by atoms with Gasteiger partial charge < -0.3 is 10.6 Å². The maximum atomic E-state index is 12.0. The number of thiophene rings is 1. The molecule has 1 unspecified atom stereocenters. The molecular formula is C13H19N3O2S2. The number of rotatable bonds is 3. The molecule has 110 valence electrons. The smallest absolute Gasteiger partial charge is 0.180 e. The third-order valence-electron chi connectivity index (χ3n) is 3.74. The fourth-order valence-corrected chi connectivity index (χ4v) is 5.19. The number of hydrogen-bond donors (Lipinski definition) is 1. The average Bonchev–Trinajstić information content (AvgIpc) is 2.75. The predicted octanol–water partition coefficient (Wildman–Crippen LogP) is 2.23. The number of piperidine rings is 1. The van der Waals surface area contributed by atoms with Crippen molar-refractivity contribution in [3.8, 4) is 6.07 Å². The molecule has 1 saturated heterocycles. The van der Waals surface area contributed by atoms with E-state index in [1.54, 1.807) is 0 Å². The SMILES string of the molecule is CCC1CCCN(c2sc(C#N)c(N)c2S(C)(=O)=O)C1. The van der Waals surface area contributed by atoms with E-state index >= 15 is 0 Å². The van der Waals surface area contributed by atoms with E-state index in [0.29, 0.717) is 15.8 Å². The zero-order valence-electron chi connectivity index (χ0n) is 11.7. The molecule has 2 heterocycles. The van der Waals surface area contributed by atoms with Crippen molar-refractivity contribution in [2.24, 2.45) is 5.92 Å². The van der Waals surface area contributed by atoms with E-state index in [2.05, 4.69) is 11.8 Å². The number of anilines is 2. The lowest BCUT2D eigenvalue weighted by Gasteiger charge is -2.33. The van der Waals surface area contributed by atoms with Crippen molar-refractivity contribution in [1.82, 2.24) is 0 Å². The summed E-state index contributed by atoms with van der Waals surface area (Å²) in [4.78, 5) is 2.51. The van der Waals surface area contributed by atoms with Crippen LogP contribution in [0.1, 0.15) is 31.1 Å². The molecule has 1 aromatic rings. The topological polar surface area (TPSA) is 87.2 Å². The van der Waals surface area contributed by atoms with Crippen molar-refractivity contribution in [1.29, 1.82) is 5.26 Å². The summed E-state index contributed by atoms with van der Waals surface area (Å²) >= 11 is 1.19. The molecule has 0 saturated carbocycles. The Morgan fingerprint density at radius 1 is 1.55 bits per heavy atom. The number of nitriles is 1. The van der Waals surface area contributed by atoms with Crippen LogP contribution in [-0.4, -0.2) is 27.8 Å². The van der Waals surface area contributed by atoms with E-state index in [9.17, 15) is 8.42 Å². The Hall–Kier alpha value is -1.26. The van der Waals surface area contributed by atoms with E-state index in [-0.39, 0.29) is 10.6 Å². The summed E-state index contributed by atoms with van der Waals surface area (Å²) in [6.45, 7) is 3.81. The van der Waals surface area contributed by atoms with Crippen molar-refractivity contribution >= 4 is 31.9 Å². The Labute approximate surface area is 123 Å². The third-order valence-corrected chi connectivity index (χ3v) is 6.19. The number of nitrogens with zero attached hydrogens (tertiary/aromatic N) is 2. The van der Waals surface area contributed by atoms with Gasteiger partial charge in [0.25, 0.3) is 0 Å². The van der Waals surface area contributed by atoms with Crippen molar-refractivity contribution < 1.29 is 8.42 Å². The molecule has 2 N–H and O–H groups in total. The van der Waals surface area contributed by atoms with Gasteiger partial charge >= 0.3 is 0 Å². The van der Waals surface area contributed by atoms with Crippen LogP contribution < -0.4 is 10.6 Å². The van der Waals surface area contributed by atoms with Crippen LogP contribution in [0.15, 0.2) is 4.90 Å². The molecule has 0 amide bonds. The van der Waals surface area contributed by atoms with Gasteiger partial charge in [0.1, 0.15) is 20.8 Å². The molecule has 1 fully saturated rings. The van der Waals surface area contributed by atoms with Crippen LogP contribution in [0.25, 0.3) is 0 Å². The van der Waals surface area contributed by atoms with E-state index in [1.165, 1.54) is 17.8 Å². The van der Waals surface area contributed by atoms with Crippen molar-refractivity contribution in [3.05, 3.63) is 4.88 Å². The fourth-order valence-electron chi connectivity index (χ4n) is 2.65. The normalized spacial score (nSPS) is 19.9. The molecule has 5 nitrogen and oxygen atoms in total. The molecule has 2 rings (SSSR count). The molecule has 0 spiro atoms. The first-order valence-corrected chi connectivity index (χ1v) is 9.36. The van der Waals surface area contributed by atoms with E-state index in [4.69, 9.17) is 11.0 Å². The molecule has 7 heteroatoms. The van der Waals surface area contributed by atoms with Gasteiger partial charge in [0.05, 0.1) is 5.69 Å². The van der Waals surface area contributed by atoms with Crippen molar-refractivity contribution in [2.45, 2.75) is 31.1 Å². The van der Waals surface area contributed by atoms with Crippen LogP contribution >= 0.6 is 11.3 Å². The van der Waals surface area contributed by atoms with E-state index in [1.807, 2.05) is 6.07 Å². The van der Waals surface area contributed by atoms with E-state index in [0.717, 1.165) is 32.2 Å². The summed E-state index contributed by atoms with van der Waals surface area (Å²) in [7, 11) is -3.43. The number of sulfone groups is 1. The highest BCUT2D eigenvalue weighted by molar-refractivity contribution is 7.91. The highest BCUT2D eigenvalue weighted by Crippen LogP contribution is 2.42. The maximum Gasteiger partial charge on any atom is 0.180 e. The largest absolute Gasteiger partial charge is 0.396 e. The zero-order valence-corrected chi connectivity index (χ0v) is 13.4. The summed E-state index contributed by atoms with van der Waals surface area (Å²) in [6, 6.07) is 1.99. The Bertz CT molecular complexity index is 643. The number of nitrogen functional groups attached to an aromatic ring is 1. The van der Waals surface area contributed by atoms with Gasteiger partial charge in [-0.3, -0.25) is 0 Å². The Morgan fingerprint density at radius 3 is 2.80 bits per heavy atom. The second-order valence-electron chi connectivity index (χ2n) is 5.23. The molecule has 0 bridgehead atoms. The molecule has 20 heavy (non-hydrogen) atoms. The average molecular weight is 313 g/mol. The molecule has 1 aliphatic rings. The molecule has 1 aromatic heterocycles. The first-order chi connectivity index (χ1) is 9.38. The molecule has 0 radical (unpaired) electrons. The Kier molecular flexibility index (Phi) is 4.25. The Balaban J connectivity index is 2.49. The lowest BCUT2D eigenvalue weighted by atomic mass is 9.96. The van der Waals surface area contributed by atoms with Gasteiger partial charge in [-0.2, -0.15) is 5.26 Å². The van der Waals surface area contributed by atoms with Gasteiger partial charge in [0.2, 0.25) is 0 Å². The third kappa shape index (κ3) is 2.76. The minimum atomic E-state index is -3.43. The summed E-state index contributed by atoms with van der Waals surface area (Å²) in [5.74, 6) is 0.574. The fraction of sp³-hybridized carbons (Fsp3) is 0.615.